The number of hydrogen-bond donors (Lipinski definition) is 1. The highest BCUT2D eigenvalue weighted by molar-refractivity contribution is 8.07. The van der Waals surface area contributed by atoms with Crippen molar-refractivity contribution < 1.29 is 5.11 Å². The first-order valence-corrected chi connectivity index (χ1v) is 9.37. The van der Waals surface area contributed by atoms with E-state index < -0.39 is 0 Å². The molecule has 1 heterocycles. The molecule has 1 aliphatic heterocycles. The van der Waals surface area contributed by atoms with Gasteiger partial charge in [-0.2, -0.15) is 23.5 Å². The smallest absolute Gasteiger partial charge is 0.0703 e. The van der Waals surface area contributed by atoms with Crippen molar-refractivity contribution in [2.24, 2.45) is 5.92 Å². The quantitative estimate of drug-likeness (QED) is 0.912. The number of aliphatic hydroxyl groups excluding tert-OH is 1. The maximum absolute atomic E-state index is 10.7. The summed E-state index contributed by atoms with van der Waals surface area (Å²) < 4.78 is 0. The summed E-state index contributed by atoms with van der Waals surface area (Å²) >= 11 is 4.06. The molecule has 0 spiro atoms. The first kappa shape index (κ1) is 13.8. The van der Waals surface area contributed by atoms with Crippen LogP contribution in [0.3, 0.4) is 0 Å². The van der Waals surface area contributed by atoms with Gasteiger partial charge < -0.3 is 5.11 Å². The van der Waals surface area contributed by atoms with Crippen molar-refractivity contribution in [2.45, 2.75) is 42.3 Å². The monoisotopic (exact) mass is 294 g/mol. The fraction of sp³-hybridized carbons (Fsp3) is 0.625. The first-order chi connectivity index (χ1) is 9.31. The van der Waals surface area contributed by atoms with Gasteiger partial charge in [0.25, 0.3) is 0 Å². The molecule has 1 aromatic carbocycles. The summed E-state index contributed by atoms with van der Waals surface area (Å²) in [6, 6.07) is 10.7. The predicted octanol–water partition coefficient (Wildman–Crippen LogP) is 3.78. The van der Waals surface area contributed by atoms with E-state index in [2.05, 4.69) is 49.0 Å². The maximum atomic E-state index is 10.7. The second kappa shape index (κ2) is 6.11. The Morgan fingerprint density at radius 1 is 1.21 bits per heavy atom. The number of hydrogen-bond acceptors (Lipinski definition) is 3. The van der Waals surface area contributed by atoms with E-state index in [0.717, 1.165) is 0 Å². The summed E-state index contributed by atoms with van der Waals surface area (Å²) in [6.07, 6.45) is 2.24. The highest BCUT2D eigenvalue weighted by atomic mass is 32.2. The normalized spacial score (nSPS) is 35.9. The third-order valence-corrected chi connectivity index (χ3v) is 7.69. The molecular formula is C16H22OS2. The Morgan fingerprint density at radius 3 is 2.68 bits per heavy atom. The van der Waals surface area contributed by atoms with E-state index in [1.165, 1.54) is 29.9 Å². The molecule has 2 aliphatic rings. The Morgan fingerprint density at radius 2 is 1.95 bits per heavy atom. The summed E-state index contributed by atoms with van der Waals surface area (Å²) in [4.78, 5) is 0. The van der Waals surface area contributed by atoms with Gasteiger partial charge in [-0.15, -0.1) is 0 Å². The lowest BCUT2D eigenvalue weighted by molar-refractivity contribution is 0.144. The minimum Gasteiger partial charge on any atom is -0.392 e. The average Bonchev–Trinajstić information content (AvgIpc) is 3.28. The fourth-order valence-electron chi connectivity index (χ4n) is 3.17. The molecule has 3 heteroatoms. The van der Waals surface area contributed by atoms with E-state index in [4.69, 9.17) is 0 Å². The fourth-order valence-corrected chi connectivity index (χ4v) is 6.38. The van der Waals surface area contributed by atoms with E-state index in [-0.39, 0.29) is 6.10 Å². The summed E-state index contributed by atoms with van der Waals surface area (Å²) in [5.74, 6) is 3.54. The highest BCUT2D eigenvalue weighted by Crippen LogP contribution is 2.52. The molecule has 1 N–H and O–H groups in total. The van der Waals surface area contributed by atoms with Gasteiger partial charge in [0.1, 0.15) is 0 Å². The minimum atomic E-state index is -0.118. The SMILES string of the molecule is CCC1SCCSC1C(O)C1CC1c1ccccc1. The molecule has 1 saturated carbocycles. The van der Waals surface area contributed by atoms with Crippen LogP contribution in [0.5, 0.6) is 0 Å². The van der Waals surface area contributed by atoms with E-state index in [9.17, 15) is 5.11 Å². The van der Waals surface area contributed by atoms with Crippen LogP contribution in [0.25, 0.3) is 0 Å². The Hall–Kier alpha value is -0.120. The third kappa shape index (κ3) is 2.98. The lowest BCUT2D eigenvalue weighted by atomic mass is 10.0. The molecule has 0 bridgehead atoms. The second-order valence-electron chi connectivity index (χ2n) is 5.56. The number of benzene rings is 1. The molecule has 104 valence electrons. The van der Waals surface area contributed by atoms with Crippen LogP contribution in [0.15, 0.2) is 30.3 Å². The molecule has 1 aliphatic carbocycles. The Kier molecular flexibility index (Phi) is 4.45. The van der Waals surface area contributed by atoms with E-state index in [1.807, 2.05) is 11.8 Å². The summed E-state index contributed by atoms with van der Waals surface area (Å²) in [7, 11) is 0. The van der Waals surface area contributed by atoms with Crippen molar-refractivity contribution in [3.8, 4) is 0 Å². The van der Waals surface area contributed by atoms with Crippen molar-refractivity contribution in [1.82, 2.24) is 0 Å². The van der Waals surface area contributed by atoms with Gasteiger partial charge in [-0.05, 0) is 30.2 Å². The van der Waals surface area contributed by atoms with E-state index in [1.54, 1.807) is 0 Å². The molecule has 2 fully saturated rings. The summed E-state index contributed by atoms with van der Waals surface area (Å²) in [5.41, 5.74) is 1.41. The summed E-state index contributed by atoms with van der Waals surface area (Å²) in [6.45, 7) is 2.25. The van der Waals surface area contributed by atoms with Gasteiger partial charge in [-0.25, -0.2) is 0 Å². The van der Waals surface area contributed by atoms with Gasteiger partial charge >= 0.3 is 0 Å². The van der Waals surface area contributed by atoms with Gasteiger partial charge in [0.05, 0.1) is 6.10 Å². The molecule has 0 aromatic heterocycles. The third-order valence-electron chi connectivity index (χ3n) is 4.34. The lowest BCUT2D eigenvalue weighted by Crippen LogP contribution is -2.37. The zero-order valence-corrected chi connectivity index (χ0v) is 13.0. The Bertz CT molecular complexity index is 408. The Balaban J connectivity index is 1.64. The van der Waals surface area contributed by atoms with Crippen LogP contribution >= 0.6 is 23.5 Å². The molecule has 5 unspecified atom stereocenters. The van der Waals surface area contributed by atoms with Gasteiger partial charge in [0, 0.05) is 22.0 Å². The van der Waals surface area contributed by atoms with Crippen LogP contribution in [0, 0.1) is 5.92 Å². The first-order valence-electron chi connectivity index (χ1n) is 7.27. The predicted molar refractivity (Wildman–Crippen MR) is 86.1 cm³/mol. The molecule has 3 rings (SSSR count). The molecule has 5 atom stereocenters. The van der Waals surface area contributed by atoms with Crippen molar-refractivity contribution in [3.63, 3.8) is 0 Å². The van der Waals surface area contributed by atoms with Gasteiger partial charge in [0.15, 0.2) is 0 Å². The molecule has 0 radical (unpaired) electrons. The van der Waals surface area contributed by atoms with Crippen LogP contribution in [-0.2, 0) is 0 Å². The largest absolute Gasteiger partial charge is 0.392 e. The topological polar surface area (TPSA) is 20.2 Å². The van der Waals surface area contributed by atoms with E-state index >= 15 is 0 Å². The number of thioether (sulfide) groups is 2. The maximum Gasteiger partial charge on any atom is 0.0703 e. The molecule has 1 saturated heterocycles. The van der Waals surface area contributed by atoms with Crippen LogP contribution in [0.4, 0.5) is 0 Å². The van der Waals surface area contributed by atoms with Crippen molar-refractivity contribution in [2.75, 3.05) is 11.5 Å². The van der Waals surface area contributed by atoms with Gasteiger partial charge in [-0.1, -0.05) is 37.3 Å². The zero-order valence-electron chi connectivity index (χ0n) is 11.4. The van der Waals surface area contributed by atoms with Crippen LogP contribution in [-0.4, -0.2) is 33.2 Å². The van der Waals surface area contributed by atoms with Crippen LogP contribution in [0.1, 0.15) is 31.2 Å². The van der Waals surface area contributed by atoms with Gasteiger partial charge in [0.2, 0.25) is 0 Å². The van der Waals surface area contributed by atoms with Crippen molar-refractivity contribution in [1.29, 1.82) is 0 Å². The molecule has 19 heavy (non-hydrogen) atoms. The Labute approximate surface area is 124 Å². The van der Waals surface area contributed by atoms with Crippen molar-refractivity contribution >= 4 is 23.5 Å². The standard InChI is InChI=1S/C16H22OS2/c1-2-14-16(19-9-8-18-14)15(17)13-10-12(13)11-6-4-3-5-7-11/h3-7,12-17H,2,8-10H2,1H3. The van der Waals surface area contributed by atoms with Crippen LogP contribution in [0.2, 0.25) is 0 Å². The zero-order chi connectivity index (χ0) is 13.2. The highest BCUT2D eigenvalue weighted by Gasteiger charge is 2.47. The second-order valence-corrected chi connectivity index (χ2v) is 8.19. The summed E-state index contributed by atoms with van der Waals surface area (Å²) in [5, 5.41) is 11.8. The minimum absolute atomic E-state index is 0.118. The molecule has 1 aromatic rings. The molecule has 0 amide bonds. The number of rotatable bonds is 4. The average molecular weight is 294 g/mol. The van der Waals surface area contributed by atoms with Crippen molar-refractivity contribution in [3.05, 3.63) is 35.9 Å². The molecule has 1 nitrogen and oxygen atoms in total. The molecular weight excluding hydrogens is 272 g/mol. The van der Waals surface area contributed by atoms with Gasteiger partial charge in [-0.3, -0.25) is 0 Å². The lowest BCUT2D eigenvalue weighted by Gasteiger charge is -2.33. The van der Waals surface area contributed by atoms with Crippen LogP contribution < -0.4 is 0 Å². The van der Waals surface area contributed by atoms with E-state index in [0.29, 0.717) is 22.3 Å². The number of aliphatic hydroxyl groups is 1.